The van der Waals surface area contributed by atoms with E-state index in [1.54, 1.807) is 31.2 Å². The van der Waals surface area contributed by atoms with Crippen molar-refractivity contribution in [1.29, 1.82) is 0 Å². The molecule has 0 radical (unpaired) electrons. The summed E-state index contributed by atoms with van der Waals surface area (Å²) >= 11 is 5.91. The first kappa shape index (κ1) is 19.4. The summed E-state index contributed by atoms with van der Waals surface area (Å²) < 4.78 is 4.90. The number of hydrogen-bond donors (Lipinski definition) is 1. The minimum atomic E-state index is -0.718. The molecule has 136 valence electrons. The van der Waals surface area contributed by atoms with Gasteiger partial charge in [0.25, 0.3) is 11.6 Å². The molecule has 0 spiro atoms. The van der Waals surface area contributed by atoms with Crippen LogP contribution in [-0.2, 0) is 20.7 Å². The number of carbonyl (C=O) groups excluding carboxylic acids is 2. The lowest BCUT2D eigenvalue weighted by Crippen LogP contribution is -2.31. The fourth-order valence-electron chi connectivity index (χ4n) is 2.33. The molecule has 7 nitrogen and oxygen atoms in total. The molecule has 1 N–H and O–H groups in total. The molecule has 26 heavy (non-hydrogen) atoms. The molecule has 0 saturated carbocycles. The lowest BCUT2D eigenvalue weighted by Gasteiger charge is -2.14. The van der Waals surface area contributed by atoms with Crippen LogP contribution in [0.25, 0.3) is 0 Å². The zero-order valence-electron chi connectivity index (χ0n) is 14.0. The van der Waals surface area contributed by atoms with Crippen LogP contribution in [0.15, 0.2) is 48.5 Å². The third-order valence-electron chi connectivity index (χ3n) is 3.61. The summed E-state index contributed by atoms with van der Waals surface area (Å²) in [4.78, 5) is 34.1. The third-order valence-corrected chi connectivity index (χ3v) is 3.85. The molecule has 2 aromatic rings. The molecule has 8 heteroatoms. The van der Waals surface area contributed by atoms with Gasteiger partial charge in [0, 0.05) is 16.7 Å². The van der Waals surface area contributed by atoms with Crippen LogP contribution >= 0.6 is 11.6 Å². The molecule has 0 aliphatic carbocycles. The molecule has 0 aromatic heterocycles. The van der Waals surface area contributed by atoms with Gasteiger partial charge in [-0.25, -0.2) is 0 Å². The Morgan fingerprint density at radius 2 is 1.96 bits per heavy atom. The molecule has 0 aliphatic heterocycles. The normalized spacial score (nSPS) is 11.5. The number of nitro groups is 1. The number of ether oxygens (including phenoxy) is 1. The number of nitro benzene ring substituents is 1. The van der Waals surface area contributed by atoms with E-state index < -0.39 is 23.4 Å². The first-order valence-corrected chi connectivity index (χ1v) is 8.17. The maximum atomic E-state index is 11.9. The molecule has 2 aromatic carbocycles. The number of halogens is 1. The molecule has 0 saturated heterocycles. The molecular formula is C18H17ClN2O5. The summed E-state index contributed by atoms with van der Waals surface area (Å²) in [6, 6.07) is 12.6. The number of amides is 1. The number of nitrogens with zero attached hydrogens (tertiary/aromatic N) is 1. The average Bonchev–Trinajstić information content (AvgIpc) is 2.60. The van der Waals surface area contributed by atoms with Gasteiger partial charge >= 0.3 is 5.97 Å². The van der Waals surface area contributed by atoms with Gasteiger partial charge in [-0.05, 0) is 24.6 Å². The Morgan fingerprint density at radius 3 is 2.65 bits per heavy atom. The van der Waals surface area contributed by atoms with E-state index in [2.05, 4.69) is 5.32 Å². The second kappa shape index (κ2) is 8.96. The Labute approximate surface area is 155 Å². The molecular weight excluding hydrogens is 360 g/mol. The summed E-state index contributed by atoms with van der Waals surface area (Å²) in [5.74, 6) is -1.20. The van der Waals surface area contributed by atoms with Crippen molar-refractivity contribution in [3.63, 3.8) is 0 Å². The third kappa shape index (κ3) is 5.56. The van der Waals surface area contributed by atoms with Gasteiger partial charge in [0.2, 0.25) is 0 Å². The van der Waals surface area contributed by atoms with Gasteiger partial charge in [0.15, 0.2) is 6.61 Å². The monoisotopic (exact) mass is 376 g/mol. The number of rotatable bonds is 7. The average molecular weight is 377 g/mol. The van der Waals surface area contributed by atoms with Gasteiger partial charge in [-0.2, -0.15) is 0 Å². The second-order valence-electron chi connectivity index (χ2n) is 5.57. The molecule has 0 heterocycles. The highest BCUT2D eigenvalue weighted by Gasteiger charge is 2.17. The molecule has 0 bridgehead atoms. The van der Waals surface area contributed by atoms with Gasteiger partial charge in [0.1, 0.15) is 0 Å². The molecule has 1 atom stereocenters. The Balaban J connectivity index is 1.85. The lowest BCUT2D eigenvalue weighted by atomic mass is 10.1. The van der Waals surface area contributed by atoms with Crippen LogP contribution in [0.1, 0.15) is 24.1 Å². The Morgan fingerprint density at radius 1 is 1.23 bits per heavy atom. The van der Waals surface area contributed by atoms with E-state index >= 15 is 0 Å². The van der Waals surface area contributed by atoms with Crippen LogP contribution in [0.2, 0.25) is 5.02 Å². The summed E-state index contributed by atoms with van der Waals surface area (Å²) in [5.41, 5.74) is 0.885. The summed E-state index contributed by atoms with van der Waals surface area (Å²) in [6.07, 6.45) is -0.283. The number of esters is 1. The van der Waals surface area contributed by atoms with E-state index in [4.69, 9.17) is 16.3 Å². The Kier molecular flexibility index (Phi) is 6.68. The molecule has 0 aliphatic rings. The minimum Gasteiger partial charge on any atom is -0.455 e. The number of hydrogen-bond acceptors (Lipinski definition) is 5. The van der Waals surface area contributed by atoms with Crippen molar-refractivity contribution >= 4 is 29.2 Å². The van der Waals surface area contributed by atoms with Crippen molar-refractivity contribution in [1.82, 2.24) is 5.32 Å². The van der Waals surface area contributed by atoms with Crippen LogP contribution in [0.4, 0.5) is 5.69 Å². The molecule has 0 unspecified atom stereocenters. The highest BCUT2D eigenvalue weighted by Crippen LogP contribution is 2.19. The zero-order valence-corrected chi connectivity index (χ0v) is 14.7. The fraction of sp³-hybridized carbons (Fsp3) is 0.222. The fourth-order valence-corrected chi connectivity index (χ4v) is 2.53. The van der Waals surface area contributed by atoms with Crippen molar-refractivity contribution in [2.75, 3.05) is 6.61 Å². The van der Waals surface area contributed by atoms with Crippen molar-refractivity contribution in [2.45, 2.75) is 19.4 Å². The van der Waals surface area contributed by atoms with E-state index in [0.717, 1.165) is 5.56 Å². The van der Waals surface area contributed by atoms with Crippen molar-refractivity contribution < 1.29 is 19.2 Å². The standard InChI is InChI=1S/C18H17ClN2O5/c1-12(13-6-4-7-15(19)9-13)20-17(22)11-26-18(23)10-14-5-2-3-8-16(14)21(24)25/h2-9,12H,10-11H2,1H3,(H,20,22)/t12-/m0/s1. The quantitative estimate of drug-likeness (QED) is 0.454. The van der Waals surface area contributed by atoms with Gasteiger partial charge in [-0.3, -0.25) is 19.7 Å². The molecule has 2 rings (SSSR count). The van der Waals surface area contributed by atoms with Gasteiger partial charge in [-0.15, -0.1) is 0 Å². The van der Waals surface area contributed by atoms with E-state index in [1.807, 2.05) is 6.07 Å². The highest BCUT2D eigenvalue weighted by atomic mass is 35.5. The zero-order chi connectivity index (χ0) is 19.1. The van der Waals surface area contributed by atoms with Crippen molar-refractivity contribution in [3.05, 3.63) is 74.8 Å². The van der Waals surface area contributed by atoms with Crippen LogP contribution in [-0.4, -0.2) is 23.4 Å². The smallest absolute Gasteiger partial charge is 0.311 e. The SMILES string of the molecule is C[C@H](NC(=O)COC(=O)Cc1ccccc1[N+](=O)[O-])c1cccc(Cl)c1. The lowest BCUT2D eigenvalue weighted by molar-refractivity contribution is -0.385. The van der Waals surface area contributed by atoms with Crippen LogP contribution in [0.5, 0.6) is 0 Å². The number of carbonyl (C=O) groups is 2. The van der Waals surface area contributed by atoms with E-state index in [-0.39, 0.29) is 23.7 Å². The minimum absolute atomic E-state index is 0.163. The maximum Gasteiger partial charge on any atom is 0.311 e. The predicted molar refractivity (Wildman–Crippen MR) is 95.8 cm³/mol. The number of nitrogens with one attached hydrogen (secondary N) is 1. The second-order valence-corrected chi connectivity index (χ2v) is 6.00. The maximum absolute atomic E-state index is 11.9. The summed E-state index contributed by atoms with van der Waals surface area (Å²) in [7, 11) is 0. The Hall–Kier alpha value is -2.93. The highest BCUT2D eigenvalue weighted by molar-refractivity contribution is 6.30. The van der Waals surface area contributed by atoms with Crippen LogP contribution in [0, 0.1) is 10.1 Å². The number of para-hydroxylation sites is 1. The van der Waals surface area contributed by atoms with Crippen molar-refractivity contribution in [2.24, 2.45) is 0 Å². The van der Waals surface area contributed by atoms with E-state index in [0.29, 0.717) is 5.02 Å². The van der Waals surface area contributed by atoms with Crippen molar-refractivity contribution in [3.8, 4) is 0 Å². The van der Waals surface area contributed by atoms with Gasteiger partial charge < -0.3 is 10.1 Å². The topological polar surface area (TPSA) is 98.5 Å². The molecule has 0 fully saturated rings. The van der Waals surface area contributed by atoms with Crippen LogP contribution in [0.3, 0.4) is 0 Å². The van der Waals surface area contributed by atoms with Crippen LogP contribution < -0.4 is 5.32 Å². The molecule has 1 amide bonds. The predicted octanol–water partition coefficient (Wildman–Crippen LogP) is 3.21. The number of benzene rings is 2. The van der Waals surface area contributed by atoms with Gasteiger partial charge in [-0.1, -0.05) is 41.9 Å². The largest absolute Gasteiger partial charge is 0.455 e. The first-order valence-electron chi connectivity index (χ1n) is 7.79. The first-order chi connectivity index (χ1) is 12.4. The summed E-state index contributed by atoms with van der Waals surface area (Å²) in [6.45, 7) is 1.31. The summed E-state index contributed by atoms with van der Waals surface area (Å²) in [5, 5.41) is 14.2. The van der Waals surface area contributed by atoms with Gasteiger partial charge in [0.05, 0.1) is 17.4 Å². The van der Waals surface area contributed by atoms with E-state index in [9.17, 15) is 19.7 Å². The Bertz CT molecular complexity index is 825. The van der Waals surface area contributed by atoms with E-state index in [1.165, 1.54) is 18.2 Å².